The van der Waals surface area contributed by atoms with Gasteiger partial charge in [-0.1, -0.05) is 0 Å². The average Bonchev–Trinajstić information content (AvgIpc) is 3.20. The molecule has 0 aromatic heterocycles. The Morgan fingerprint density at radius 3 is 2.04 bits per heavy atom. The summed E-state index contributed by atoms with van der Waals surface area (Å²) in [6.45, 7) is 0.217. The molecule has 0 N–H and O–H groups in total. The summed E-state index contributed by atoms with van der Waals surface area (Å²) in [7, 11) is 3.24. The zero-order chi connectivity index (χ0) is 19.3. The molecule has 0 aliphatic carbocycles. The monoisotopic (exact) mass is 377 g/mol. The van der Waals surface area contributed by atoms with Gasteiger partial charge in [0.15, 0.2) is 11.5 Å². The van der Waals surface area contributed by atoms with Crippen LogP contribution < -0.4 is 23.7 Å². The van der Waals surface area contributed by atoms with Crippen LogP contribution in [0.3, 0.4) is 0 Å². The maximum atomic E-state index is 5.82. The van der Waals surface area contributed by atoms with E-state index in [1.807, 2.05) is 54.6 Å². The van der Waals surface area contributed by atoms with Crippen LogP contribution >= 0.6 is 0 Å². The van der Waals surface area contributed by atoms with E-state index in [2.05, 4.69) is 4.99 Å². The largest absolute Gasteiger partial charge is 0.497 e. The molecule has 0 unspecified atom stereocenters. The first-order valence-electron chi connectivity index (χ1n) is 8.69. The highest BCUT2D eigenvalue weighted by molar-refractivity contribution is 5.87. The lowest BCUT2D eigenvalue weighted by atomic mass is 10.2. The van der Waals surface area contributed by atoms with Gasteiger partial charge in [0.25, 0.3) is 0 Å². The lowest BCUT2D eigenvalue weighted by Crippen LogP contribution is -1.92. The first-order valence-corrected chi connectivity index (χ1v) is 8.69. The number of fused-ring (bicyclic) bond motifs is 1. The third-order valence-electron chi connectivity index (χ3n) is 4.21. The Kier molecular flexibility index (Phi) is 5.01. The molecule has 0 bridgehead atoms. The number of hydrogen-bond acceptors (Lipinski definition) is 6. The first-order chi connectivity index (χ1) is 13.7. The molecule has 142 valence electrons. The second kappa shape index (κ2) is 7.92. The molecule has 0 amide bonds. The second-order valence-electron chi connectivity index (χ2n) is 5.98. The molecule has 0 saturated heterocycles. The first kappa shape index (κ1) is 17.7. The predicted octanol–water partition coefficient (Wildman–Crippen LogP) is 4.98. The molecule has 0 fully saturated rings. The molecular formula is C22H19NO5. The van der Waals surface area contributed by atoms with E-state index in [0.29, 0.717) is 17.2 Å². The number of methoxy groups -OCH3 is 2. The van der Waals surface area contributed by atoms with Crippen LogP contribution in [0.5, 0.6) is 34.5 Å². The quantitative estimate of drug-likeness (QED) is 0.567. The van der Waals surface area contributed by atoms with Crippen molar-refractivity contribution < 1.29 is 23.7 Å². The van der Waals surface area contributed by atoms with Gasteiger partial charge in [-0.05, 0) is 54.6 Å². The van der Waals surface area contributed by atoms with Gasteiger partial charge in [0, 0.05) is 17.8 Å². The van der Waals surface area contributed by atoms with Crippen molar-refractivity contribution in [2.45, 2.75) is 0 Å². The van der Waals surface area contributed by atoms with Crippen LogP contribution in [0, 0.1) is 0 Å². The van der Waals surface area contributed by atoms with Crippen LogP contribution in [0.4, 0.5) is 5.69 Å². The maximum absolute atomic E-state index is 5.82. The normalized spacial score (nSPS) is 12.2. The number of nitrogens with zero attached hydrogens (tertiary/aromatic N) is 1. The van der Waals surface area contributed by atoms with Gasteiger partial charge >= 0.3 is 0 Å². The van der Waals surface area contributed by atoms with Gasteiger partial charge in [0.05, 0.1) is 19.9 Å². The summed E-state index contributed by atoms with van der Waals surface area (Å²) in [6, 6.07) is 18.6. The fourth-order valence-electron chi connectivity index (χ4n) is 2.74. The molecule has 6 nitrogen and oxygen atoms in total. The van der Waals surface area contributed by atoms with E-state index >= 15 is 0 Å². The van der Waals surface area contributed by atoms with Crippen molar-refractivity contribution in [2.24, 2.45) is 4.99 Å². The van der Waals surface area contributed by atoms with Gasteiger partial charge < -0.3 is 23.7 Å². The summed E-state index contributed by atoms with van der Waals surface area (Å²) in [4.78, 5) is 4.51. The highest BCUT2D eigenvalue weighted by Gasteiger charge is 2.16. The number of benzene rings is 3. The summed E-state index contributed by atoms with van der Waals surface area (Å²) < 4.78 is 27.2. The van der Waals surface area contributed by atoms with E-state index in [0.717, 1.165) is 28.5 Å². The van der Waals surface area contributed by atoms with E-state index in [1.54, 1.807) is 26.5 Å². The van der Waals surface area contributed by atoms with Crippen molar-refractivity contribution in [1.82, 2.24) is 0 Å². The Hall–Kier alpha value is -3.67. The highest BCUT2D eigenvalue weighted by atomic mass is 16.7. The molecule has 3 aromatic rings. The fraction of sp³-hybridized carbons (Fsp3) is 0.136. The molecule has 0 radical (unpaired) electrons. The number of ether oxygens (including phenoxy) is 5. The third kappa shape index (κ3) is 3.86. The molecule has 0 spiro atoms. The second-order valence-corrected chi connectivity index (χ2v) is 5.98. The van der Waals surface area contributed by atoms with E-state index in [1.165, 1.54) is 0 Å². The average molecular weight is 377 g/mol. The van der Waals surface area contributed by atoms with Crippen LogP contribution in [0.2, 0.25) is 0 Å². The Morgan fingerprint density at radius 1 is 0.786 bits per heavy atom. The van der Waals surface area contributed by atoms with Gasteiger partial charge in [0.2, 0.25) is 6.79 Å². The summed E-state index contributed by atoms with van der Waals surface area (Å²) in [5.41, 5.74) is 1.60. The van der Waals surface area contributed by atoms with Gasteiger partial charge in [-0.2, -0.15) is 0 Å². The van der Waals surface area contributed by atoms with Gasteiger partial charge in [0.1, 0.15) is 23.0 Å². The van der Waals surface area contributed by atoms with Crippen LogP contribution in [0.25, 0.3) is 0 Å². The van der Waals surface area contributed by atoms with E-state index in [9.17, 15) is 0 Å². The molecule has 4 rings (SSSR count). The summed E-state index contributed by atoms with van der Waals surface area (Å²) in [5, 5.41) is 0. The fourth-order valence-corrected chi connectivity index (χ4v) is 2.74. The van der Waals surface area contributed by atoms with Gasteiger partial charge in [-0.3, -0.25) is 4.99 Å². The Morgan fingerprint density at radius 2 is 1.39 bits per heavy atom. The van der Waals surface area contributed by atoms with Crippen LogP contribution in [0.1, 0.15) is 5.56 Å². The SMILES string of the molecule is COc1ccc(Oc2ccc(N=Cc3cc4c(cc3OC)OCO4)cc2)cc1. The summed E-state index contributed by atoms with van der Waals surface area (Å²) >= 11 is 0. The molecule has 0 saturated carbocycles. The number of hydrogen-bond donors (Lipinski definition) is 0. The van der Waals surface area contributed by atoms with Crippen molar-refractivity contribution in [3.05, 3.63) is 66.2 Å². The lowest BCUT2D eigenvalue weighted by molar-refractivity contribution is 0.174. The van der Waals surface area contributed by atoms with Crippen LogP contribution in [-0.4, -0.2) is 27.2 Å². The Bertz CT molecular complexity index is 981. The summed E-state index contributed by atoms with van der Waals surface area (Å²) in [5.74, 6) is 4.29. The van der Waals surface area contributed by atoms with Crippen molar-refractivity contribution in [3.8, 4) is 34.5 Å². The molecule has 3 aromatic carbocycles. The number of aliphatic imine (C=N–C) groups is 1. The molecule has 0 atom stereocenters. The van der Waals surface area contributed by atoms with Gasteiger partial charge in [-0.25, -0.2) is 0 Å². The van der Waals surface area contributed by atoms with Crippen molar-refractivity contribution in [3.63, 3.8) is 0 Å². The molecule has 1 heterocycles. The topological polar surface area (TPSA) is 58.5 Å². The predicted molar refractivity (Wildman–Crippen MR) is 106 cm³/mol. The smallest absolute Gasteiger partial charge is 0.231 e. The molecule has 1 aliphatic heterocycles. The molecule has 6 heteroatoms. The van der Waals surface area contributed by atoms with Crippen molar-refractivity contribution >= 4 is 11.9 Å². The van der Waals surface area contributed by atoms with Crippen LogP contribution in [0.15, 0.2) is 65.7 Å². The van der Waals surface area contributed by atoms with Crippen LogP contribution in [-0.2, 0) is 0 Å². The third-order valence-corrected chi connectivity index (χ3v) is 4.21. The van der Waals surface area contributed by atoms with E-state index in [-0.39, 0.29) is 6.79 Å². The van der Waals surface area contributed by atoms with Gasteiger partial charge in [-0.15, -0.1) is 0 Å². The molecule has 1 aliphatic rings. The zero-order valence-electron chi connectivity index (χ0n) is 15.5. The highest BCUT2D eigenvalue weighted by Crippen LogP contribution is 2.37. The van der Waals surface area contributed by atoms with E-state index in [4.69, 9.17) is 23.7 Å². The minimum absolute atomic E-state index is 0.217. The van der Waals surface area contributed by atoms with Crippen molar-refractivity contribution in [1.29, 1.82) is 0 Å². The lowest BCUT2D eigenvalue weighted by Gasteiger charge is -2.07. The minimum Gasteiger partial charge on any atom is -0.497 e. The zero-order valence-corrected chi connectivity index (χ0v) is 15.5. The maximum Gasteiger partial charge on any atom is 0.231 e. The molecule has 28 heavy (non-hydrogen) atoms. The Labute approximate surface area is 162 Å². The summed E-state index contributed by atoms with van der Waals surface area (Å²) in [6.07, 6.45) is 1.74. The number of rotatable bonds is 6. The minimum atomic E-state index is 0.217. The Balaban J connectivity index is 1.47. The molecular weight excluding hydrogens is 358 g/mol. The van der Waals surface area contributed by atoms with E-state index < -0.39 is 0 Å². The van der Waals surface area contributed by atoms with Crippen molar-refractivity contribution in [2.75, 3.05) is 21.0 Å². The standard InChI is InChI=1S/C22H19NO5/c1-24-17-7-9-19(10-8-17)28-18-5-3-16(4-6-18)23-13-15-11-21-22(27-14-26-21)12-20(15)25-2/h3-13H,14H2,1-2H3.